The Morgan fingerprint density at radius 2 is 2.00 bits per heavy atom. The Hall–Kier alpha value is -3.13. The summed E-state index contributed by atoms with van der Waals surface area (Å²) in [6.45, 7) is 0. The van der Waals surface area contributed by atoms with Crippen LogP contribution >= 0.6 is 0 Å². The second-order valence-electron chi connectivity index (χ2n) is 4.38. The number of hydrogen-bond donors (Lipinski definition) is 0. The largest absolute Gasteiger partial charge is 0.497 e. The van der Waals surface area contributed by atoms with Crippen LogP contribution in [0.15, 0.2) is 42.7 Å². The van der Waals surface area contributed by atoms with Gasteiger partial charge in [-0.25, -0.2) is 9.50 Å². The molecular formula is C16H12N4O. The Labute approximate surface area is 121 Å². The van der Waals surface area contributed by atoms with Crippen LogP contribution in [0.4, 0.5) is 0 Å². The van der Waals surface area contributed by atoms with Crippen LogP contribution in [0.1, 0.15) is 16.8 Å². The molecule has 5 heteroatoms. The number of fused-ring (bicyclic) bond motifs is 1. The quantitative estimate of drug-likeness (QED) is 0.738. The van der Waals surface area contributed by atoms with Crippen LogP contribution in [0.2, 0.25) is 0 Å². The molecule has 3 aromatic rings. The number of ether oxygens (including phenoxy) is 1. The summed E-state index contributed by atoms with van der Waals surface area (Å²) in [5, 5.41) is 13.2. The fraction of sp³-hybridized carbons (Fsp3) is 0.0625. The molecular weight excluding hydrogens is 264 g/mol. The average Bonchev–Trinajstić information content (AvgIpc) is 2.97. The second kappa shape index (κ2) is 5.47. The number of rotatable bonds is 3. The lowest BCUT2D eigenvalue weighted by atomic mass is 10.2. The molecule has 0 aliphatic heterocycles. The molecule has 0 amide bonds. The van der Waals surface area contributed by atoms with Crippen LogP contribution in [0.3, 0.4) is 0 Å². The topological polar surface area (TPSA) is 63.2 Å². The van der Waals surface area contributed by atoms with E-state index in [4.69, 9.17) is 10.00 Å². The van der Waals surface area contributed by atoms with E-state index in [0.29, 0.717) is 11.2 Å². The third-order valence-corrected chi connectivity index (χ3v) is 3.11. The molecule has 3 rings (SSSR count). The normalized spacial score (nSPS) is 10.9. The molecule has 0 aliphatic rings. The zero-order chi connectivity index (χ0) is 14.7. The highest BCUT2D eigenvalue weighted by molar-refractivity contribution is 5.70. The van der Waals surface area contributed by atoms with Gasteiger partial charge in [-0.1, -0.05) is 18.2 Å². The predicted molar refractivity (Wildman–Crippen MR) is 79.6 cm³/mol. The van der Waals surface area contributed by atoms with E-state index in [-0.39, 0.29) is 0 Å². The predicted octanol–water partition coefficient (Wildman–Crippen LogP) is 2.78. The van der Waals surface area contributed by atoms with Crippen molar-refractivity contribution in [2.75, 3.05) is 7.11 Å². The first-order chi connectivity index (χ1) is 10.3. The molecule has 0 saturated carbocycles. The Morgan fingerprint density at radius 3 is 2.71 bits per heavy atom. The molecule has 0 radical (unpaired) electrons. The monoisotopic (exact) mass is 276 g/mol. The summed E-state index contributed by atoms with van der Waals surface area (Å²) in [5.74, 6) is 0.823. The first-order valence-corrected chi connectivity index (χ1v) is 6.37. The maximum absolute atomic E-state index is 9.00. The molecule has 2 aromatic heterocycles. The lowest BCUT2D eigenvalue weighted by molar-refractivity contribution is 0.415. The highest BCUT2D eigenvalue weighted by Gasteiger charge is 2.05. The minimum Gasteiger partial charge on any atom is -0.497 e. The first-order valence-electron chi connectivity index (χ1n) is 6.37. The van der Waals surface area contributed by atoms with Crippen molar-refractivity contribution < 1.29 is 4.74 Å². The highest BCUT2D eigenvalue weighted by Crippen LogP contribution is 2.15. The summed E-state index contributed by atoms with van der Waals surface area (Å²) in [5.41, 5.74) is 2.94. The third-order valence-electron chi connectivity index (χ3n) is 3.11. The van der Waals surface area contributed by atoms with Gasteiger partial charge in [0.2, 0.25) is 0 Å². The summed E-state index contributed by atoms with van der Waals surface area (Å²) in [6, 6.07) is 11.7. The number of nitriles is 1. The van der Waals surface area contributed by atoms with Crippen molar-refractivity contribution in [2.45, 2.75) is 0 Å². The molecule has 0 bridgehead atoms. The minimum absolute atomic E-state index is 0.467. The maximum Gasteiger partial charge on any atom is 0.173 e. The molecule has 0 atom stereocenters. The van der Waals surface area contributed by atoms with Gasteiger partial charge in [0.25, 0.3) is 0 Å². The van der Waals surface area contributed by atoms with E-state index in [9.17, 15) is 0 Å². The van der Waals surface area contributed by atoms with Crippen molar-refractivity contribution in [3.8, 4) is 11.8 Å². The van der Waals surface area contributed by atoms with Crippen LogP contribution in [0.25, 0.3) is 17.8 Å². The van der Waals surface area contributed by atoms with Crippen LogP contribution in [0, 0.1) is 11.3 Å². The van der Waals surface area contributed by atoms with E-state index in [2.05, 4.69) is 16.2 Å². The van der Waals surface area contributed by atoms with Gasteiger partial charge in [0.1, 0.15) is 17.4 Å². The first kappa shape index (κ1) is 12.9. The van der Waals surface area contributed by atoms with Crippen LogP contribution < -0.4 is 4.74 Å². The van der Waals surface area contributed by atoms with Gasteiger partial charge in [-0.3, -0.25) is 0 Å². The van der Waals surface area contributed by atoms with Gasteiger partial charge >= 0.3 is 0 Å². The van der Waals surface area contributed by atoms with Crippen molar-refractivity contribution >= 4 is 17.8 Å². The van der Waals surface area contributed by atoms with E-state index in [0.717, 1.165) is 17.0 Å². The van der Waals surface area contributed by atoms with Crippen LogP contribution in [0.5, 0.6) is 5.75 Å². The molecule has 0 saturated heterocycles. The van der Waals surface area contributed by atoms with Gasteiger partial charge in [0, 0.05) is 6.20 Å². The SMILES string of the molecule is COc1ccc(/C=C/c2ccnc3c(C#N)cnn23)cc1. The summed E-state index contributed by atoms with van der Waals surface area (Å²) < 4.78 is 6.78. The van der Waals surface area contributed by atoms with Gasteiger partial charge in [-0.2, -0.15) is 10.4 Å². The molecule has 0 fully saturated rings. The molecule has 0 spiro atoms. The van der Waals surface area contributed by atoms with Crippen molar-refractivity contribution in [2.24, 2.45) is 0 Å². The van der Waals surface area contributed by atoms with E-state index in [1.165, 1.54) is 6.20 Å². The summed E-state index contributed by atoms with van der Waals surface area (Å²) in [7, 11) is 1.64. The second-order valence-corrected chi connectivity index (χ2v) is 4.38. The van der Waals surface area contributed by atoms with Gasteiger partial charge in [0.05, 0.1) is 19.0 Å². The molecule has 1 aromatic carbocycles. The van der Waals surface area contributed by atoms with Crippen molar-refractivity contribution in [3.63, 3.8) is 0 Å². The van der Waals surface area contributed by atoms with E-state index in [1.807, 2.05) is 42.5 Å². The zero-order valence-corrected chi connectivity index (χ0v) is 11.4. The number of hydrogen-bond acceptors (Lipinski definition) is 4. The van der Waals surface area contributed by atoms with Crippen molar-refractivity contribution in [1.29, 1.82) is 5.26 Å². The van der Waals surface area contributed by atoms with Crippen molar-refractivity contribution in [1.82, 2.24) is 14.6 Å². The van der Waals surface area contributed by atoms with Crippen LogP contribution in [-0.4, -0.2) is 21.7 Å². The Bertz CT molecular complexity index is 841. The zero-order valence-electron chi connectivity index (χ0n) is 11.4. The lowest BCUT2D eigenvalue weighted by Crippen LogP contribution is -1.94. The standard InChI is InChI=1S/C16H12N4O/c1-21-15-6-3-12(4-7-15)2-5-14-8-9-18-16-13(10-17)11-19-20(14)16/h2-9,11H,1H3/b5-2+. The molecule has 5 nitrogen and oxygen atoms in total. The van der Waals surface area contributed by atoms with Crippen molar-refractivity contribution in [3.05, 3.63) is 59.5 Å². The molecule has 0 N–H and O–H groups in total. The van der Waals surface area contributed by atoms with Gasteiger partial charge in [0.15, 0.2) is 5.65 Å². The molecule has 0 unspecified atom stereocenters. The fourth-order valence-electron chi connectivity index (χ4n) is 2.01. The summed E-state index contributed by atoms with van der Waals surface area (Å²) in [4.78, 5) is 4.18. The fourth-order valence-corrected chi connectivity index (χ4v) is 2.01. The Balaban J connectivity index is 1.95. The van der Waals surface area contributed by atoms with E-state index < -0.39 is 0 Å². The smallest absolute Gasteiger partial charge is 0.173 e. The lowest BCUT2D eigenvalue weighted by Gasteiger charge is -2.00. The molecule has 21 heavy (non-hydrogen) atoms. The minimum atomic E-state index is 0.467. The highest BCUT2D eigenvalue weighted by atomic mass is 16.5. The molecule has 102 valence electrons. The number of aromatic nitrogens is 3. The number of benzene rings is 1. The van der Waals surface area contributed by atoms with Crippen LogP contribution in [-0.2, 0) is 0 Å². The van der Waals surface area contributed by atoms with Gasteiger partial charge in [-0.05, 0) is 29.8 Å². The number of methoxy groups -OCH3 is 1. The Kier molecular flexibility index (Phi) is 3.36. The number of nitrogens with zero attached hydrogens (tertiary/aromatic N) is 4. The third kappa shape index (κ3) is 2.47. The summed E-state index contributed by atoms with van der Waals surface area (Å²) >= 11 is 0. The molecule has 0 aliphatic carbocycles. The average molecular weight is 276 g/mol. The van der Waals surface area contributed by atoms with E-state index in [1.54, 1.807) is 17.8 Å². The summed E-state index contributed by atoms with van der Waals surface area (Å²) in [6.07, 6.45) is 7.10. The van der Waals surface area contributed by atoms with Gasteiger partial charge < -0.3 is 4.74 Å². The van der Waals surface area contributed by atoms with E-state index >= 15 is 0 Å². The van der Waals surface area contributed by atoms with Gasteiger partial charge in [-0.15, -0.1) is 0 Å². The Morgan fingerprint density at radius 1 is 1.19 bits per heavy atom. The molecule has 2 heterocycles. The maximum atomic E-state index is 9.00.